The fourth-order valence-corrected chi connectivity index (χ4v) is 2.44. The zero-order valence-corrected chi connectivity index (χ0v) is 9.49. The van der Waals surface area contributed by atoms with Gasteiger partial charge in [-0.15, -0.1) is 0 Å². The minimum absolute atomic E-state index is 1.09. The van der Waals surface area contributed by atoms with Crippen molar-refractivity contribution in [3.8, 4) is 0 Å². The standard InChI is InChI=1S/C4H8Cl3O4P/c1-10-12(9,11-2)3(8)4(5,6)7/h3,8H,1-2H3/t3-/m0/s1. The second-order valence-corrected chi connectivity index (χ2v) is 6.49. The molecule has 0 rings (SSSR count). The molecule has 0 aromatic rings. The molecule has 0 aromatic carbocycles. The summed E-state index contributed by atoms with van der Waals surface area (Å²) in [6, 6.07) is 0. The van der Waals surface area contributed by atoms with E-state index in [2.05, 4.69) is 9.05 Å². The maximum Gasteiger partial charge on any atom is 0.362 e. The average molecular weight is 257 g/mol. The molecule has 0 aliphatic carbocycles. The summed E-state index contributed by atoms with van der Waals surface area (Å²) >= 11 is 15.8. The van der Waals surface area contributed by atoms with Crippen molar-refractivity contribution in [2.45, 2.75) is 9.64 Å². The zero-order valence-electron chi connectivity index (χ0n) is 6.33. The van der Waals surface area contributed by atoms with E-state index in [1.807, 2.05) is 0 Å². The van der Waals surface area contributed by atoms with Crippen molar-refractivity contribution in [3.63, 3.8) is 0 Å². The SMILES string of the molecule is COP(=O)(OC)[C@H](O)C(Cl)(Cl)Cl. The van der Waals surface area contributed by atoms with Crippen LogP contribution in [0.2, 0.25) is 0 Å². The Morgan fingerprint density at radius 3 is 1.75 bits per heavy atom. The Kier molecular flexibility index (Phi) is 4.83. The molecule has 74 valence electrons. The minimum atomic E-state index is -3.73. The van der Waals surface area contributed by atoms with Gasteiger partial charge in [0.25, 0.3) is 0 Å². The number of hydrogen-bond donors (Lipinski definition) is 1. The highest BCUT2D eigenvalue weighted by atomic mass is 35.6. The fraction of sp³-hybridized carbons (Fsp3) is 1.00. The molecule has 8 heteroatoms. The van der Waals surface area contributed by atoms with Gasteiger partial charge in [0.05, 0.1) is 0 Å². The monoisotopic (exact) mass is 256 g/mol. The van der Waals surface area contributed by atoms with Crippen LogP contribution in [0.15, 0.2) is 0 Å². The van der Waals surface area contributed by atoms with Crippen LogP contribution >= 0.6 is 42.4 Å². The van der Waals surface area contributed by atoms with Gasteiger partial charge in [0, 0.05) is 14.2 Å². The first-order chi connectivity index (χ1) is 5.28. The molecule has 0 aliphatic heterocycles. The molecule has 0 saturated heterocycles. The summed E-state index contributed by atoms with van der Waals surface area (Å²) in [5.41, 5.74) is 0. The second-order valence-electron chi connectivity index (χ2n) is 1.82. The van der Waals surface area contributed by atoms with Crippen molar-refractivity contribution in [2.75, 3.05) is 14.2 Å². The molecule has 0 aromatic heterocycles. The molecule has 0 saturated carbocycles. The van der Waals surface area contributed by atoms with Crippen molar-refractivity contribution in [2.24, 2.45) is 0 Å². The summed E-state index contributed by atoms with van der Waals surface area (Å²) in [4.78, 5) is 0. The Hall–Kier alpha value is 0.980. The average Bonchev–Trinajstić information content (AvgIpc) is 2.00. The van der Waals surface area contributed by atoms with Crippen LogP contribution in [0.1, 0.15) is 0 Å². The van der Waals surface area contributed by atoms with Crippen LogP contribution in [0.3, 0.4) is 0 Å². The molecule has 0 unspecified atom stereocenters. The van der Waals surface area contributed by atoms with E-state index in [4.69, 9.17) is 34.8 Å². The van der Waals surface area contributed by atoms with Gasteiger partial charge >= 0.3 is 7.60 Å². The molecular weight excluding hydrogens is 249 g/mol. The summed E-state index contributed by atoms with van der Waals surface area (Å²) in [5, 5.41) is 9.20. The molecule has 0 aliphatic rings. The lowest BCUT2D eigenvalue weighted by molar-refractivity contribution is 0.176. The summed E-state index contributed by atoms with van der Waals surface area (Å²) in [7, 11) is -1.56. The molecule has 1 N–H and O–H groups in total. The van der Waals surface area contributed by atoms with Gasteiger partial charge in [-0.2, -0.15) is 0 Å². The van der Waals surface area contributed by atoms with E-state index in [-0.39, 0.29) is 0 Å². The maximum absolute atomic E-state index is 11.3. The number of aliphatic hydroxyl groups excluding tert-OH is 1. The van der Waals surface area contributed by atoms with Gasteiger partial charge in [0.2, 0.25) is 9.64 Å². The molecule has 0 bridgehead atoms. The van der Waals surface area contributed by atoms with Crippen LogP contribution in [0, 0.1) is 0 Å². The Morgan fingerprint density at radius 1 is 1.33 bits per heavy atom. The smallest absolute Gasteiger partial charge is 0.362 e. The molecule has 0 spiro atoms. The third-order valence-electron chi connectivity index (χ3n) is 1.10. The zero-order chi connectivity index (χ0) is 9.99. The summed E-state index contributed by atoms with van der Waals surface area (Å²) < 4.78 is 18.1. The highest BCUT2D eigenvalue weighted by Gasteiger charge is 2.46. The first-order valence-electron chi connectivity index (χ1n) is 2.74. The van der Waals surface area contributed by atoms with Crippen LogP contribution in [-0.4, -0.2) is 29.0 Å². The van der Waals surface area contributed by atoms with Gasteiger partial charge in [0.15, 0.2) is 0 Å². The van der Waals surface area contributed by atoms with Crippen molar-refractivity contribution in [3.05, 3.63) is 0 Å². The molecule has 0 fully saturated rings. The van der Waals surface area contributed by atoms with Gasteiger partial charge in [0.1, 0.15) is 0 Å². The predicted octanol–water partition coefficient (Wildman–Crippen LogP) is 2.16. The Bertz CT molecular complexity index is 183. The first-order valence-corrected chi connectivity index (χ1v) is 5.48. The largest absolute Gasteiger partial charge is 0.377 e. The summed E-state index contributed by atoms with van der Waals surface area (Å²) in [5.74, 6) is -1.80. The van der Waals surface area contributed by atoms with E-state index in [0.29, 0.717) is 0 Å². The van der Waals surface area contributed by atoms with Crippen LogP contribution in [0.4, 0.5) is 0 Å². The van der Waals surface area contributed by atoms with E-state index in [1.54, 1.807) is 0 Å². The van der Waals surface area contributed by atoms with E-state index >= 15 is 0 Å². The van der Waals surface area contributed by atoms with E-state index < -0.39 is 17.2 Å². The lowest BCUT2D eigenvalue weighted by Gasteiger charge is -2.24. The first kappa shape index (κ1) is 13.0. The summed E-state index contributed by atoms with van der Waals surface area (Å²) in [6.07, 6.45) is 0. The lowest BCUT2D eigenvalue weighted by atomic mass is 10.8. The second kappa shape index (κ2) is 4.47. The van der Waals surface area contributed by atoms with Crippen LogP contribution in [-0.2, 0) is 13.6 Å². The number of hydrogen-bond acceptors (Lipinski definition) is 4. The number of halogens is 3. The number of alkyl halides is 3. The molecule has 4 nitrogen and oxygen atoms in total. The van der Waals surface area contributed by atoms with E-state index in [0.717, 1.165) is 14.2 Å². The Labute approximate surface area is 85.2 Å². The fourth-order valence-electron chi connectivity index (χ4n) is 0.454. The maximum atomic E-state index is 11.3. The number of rotatable bonds is 3. The predicted molar refractivity (Wildman–Crippen MR) is 47.9 cm³/mol. The van der Waals surface area contributed by atoms with E-state index in [1.165, 1.54) is 0 Å². The topological polar surface area (TPSA) is 55.8 Å². The van der Waals surface area contributed by atoms with Crippen molar-refractivity contribution in [1.29, 1.82) is 0 Å². The highest BCUT2D eigenvalue weighted by Crippen LogP contribution is 2.57. The molecule has 12 heavy (non-hydrogen) atoms. The molecule has 0 amide bonds. The van der Waals surface area contributed by atoms with Crippen LogP contribution in [0.5, 0.6) is 0 Å². The third-order valence-corrected chi connectivity index (χ3v) is 4.18. The van der Waals surface area contributed by atoms with Crippen molar-refractivity contribution in [1.82, 2.24) is 0 Å². The molecule has 0 heterocycles. The molecule has 1 atom stereocenters. The van der Waals surface area contributed by atoms with Gasteiger partial charge in [-0.1, -0.05) is 34.8 Å². The Morgan fingerprint density at radius 2 is 1.67 bits per heavy atom. The van der Waals surface area contributed by atoms with Gasteiger partial charge in [-0.05, 0) is 0 Å². The molecular formula is C4H8Cl3O4P. The van der Waals surface area contributed by atoms with Crippen molar-refractivity contribution >= 4 is 42.4 Å². The summed E-state index contributed by atoms with van der Waals surface area (Å²) in [6.45, 7) is 0. The normalized spacial score (nSPS) is 16.2. The Balaban J connectivity index is 4.66. The van der Waals surface area contributed by atoms with Crippen molar-refractivity contribution < 1.29 is 18.7 Å². The lowest BCUT2D eigenvalue weighted by Crippen LogP contribution is -2.26. The van der Waals surface area contributed by atoms with Gasteiger partial charge in [-0.25, -0.2) is 0 Å². The number of aliphatic hydroxyl groups is 1. The highest BCUT2D eigenvalue weighted by molar-refractivity contribution is 7.54. The van der Waals surface area contributed by atoms with Crippen LogP contribution < -0.4 is 0 Å². The van der Waals surface area contributed by atoms with E-state index in [9.17, 15) is 9.67 Å². The van der Waals surface area contributed by atoms with Gasteiger partial charge in [-0.3, -0.25) is 4.57 Å². The molecule has 0 radical (unpaired) electrons. The quantitative estimate of drug-likeness (QED) is 0.622. The van der Waals surface area contributed by atoms with Crippen LogP contribution in [0.25, 0.3) is 0 Å². The van der Waals surface area contributed by atoms with Gasteiger partial charge < -0.3 is 14.2 Å². The third kappa shape index (κ3) is 3.04. The minimum Gasteiger partial charge on any atom is -0.377 e.